The van der Waals surface area contributed by atoms with Crippen LogP contribution in [-0.2, 0) is 22.4 Å². The number of nitrogens with one attached hydrogen (secondary N) is 2. The van der Waals surface area contributed by atoms with E-state index in [1.165, 1.54) is 29.5 Å². The minimum atomic E-state index is -0.642. The van der Waals surface area contributed by atoms with E-state index < -0.39 is 11.8 Å². The number of rotatable bonds is 4. The van der Waals surface area contributed by atoms with Gasteiger partial charge in [0.2, 0.25) is 0 Å². The third kappa shape index (κ3) is 4.76. The summed E-state index contributed by atoms with van der Waals surface area (Å²) in [5.41, 5.74) is 5.64. The van der Waals surface area contributed by atoms with Crippen LogP contribution in [0, 0.1) is 0 Å². The maximum Gasteiger partial charge on any atom is 0.313 e. The standard InChI is InChI=1S/C23H28N2O2/c1-15(2)17-10-12-21(13-11-17)25-23(27)22(26)24-16(3)19-9-8-18-6-4-5-7-20(18)14-19/h8-16H,4-7H2,1-3H3,(H,24,26)(H,25,27). The van der Waals surface area contributed by atoms with Crippen molar-refractivity contribution in [2.24, 2.45) is 0 Å². The van der Waals surface area contributed by atoms with Crippen molar-refractivity contribution in [2.45, 2.75) is 58.4 Å². The summed E-state index contributed by atoms with van der Waals surface area (Å²) in [5.74, 6) is -0.833. The van der Waals surface area contributed by atoms with E-state index >= 15 is 0 Å². The number of hydrogen-bond donors (Lipinski definition) is 2. The Morgan fingerprint density at radius 3 is 2.11 bits per heavy atom. The first-order chi connectivity index (χ1) is 12.9. The zero-order valence-electron chi connectivity index (χ0n) is 16.3. The molecule has 0 aliphatic heterocycles. The van der Waals surface area contributed by atoms with Crippen molar-refractivity contribution in [1.29, 1.82) is 0 Å². The predicted molar refractivity (Wildman–Crippen MR) is 109 cm³/mol. The second-order valence-electron chi connectivity index (χ2n) is 7.66. The average Bonchev–Trinajstić information content (AvgIpc) is 2.67. The first kappa shape index (κ1) is 19.2. The van der Waals surface area contributed by atoms with Crippen LogP contribution in [0.4, 0.5) is 5.69 Å². The molecule has 0 heterocycles. The monoisotopic (exact) mass is 364 g/mol. The van der Waals surface area contributed by atoms with Gasteiger partial charge in [0, 0.05) is 5.69 Å². The van der Waals surface area contributed by atoms with E-state index in [0.29, 0.717) is 11.6 Å². The Hall–Kier alpha value is -2.62. The molecule has 1 aliphatic carbocycles. The molecule has 0 bridgehead atoms. The lowest BCUT2D eigenvalue weighted by Gasteiger charge is -2.20. The lowest BCUT2D eigenvalue weighted by Crippen LogP contribution is -2.37. The molecular formula is C23H28N2O2. The van der Waals surface area contributed by atoms with Crippen molar-refractivity contribution in [2.75, 3.05) is 5.32 Å². The molecule has 0 saturated carbocycles. The minimum absolute atomic E-state index is 0.209. The molecule has 4 nitrogen and oxygen atoms in total. The number of aryl methyl sites for hydroxylation is 2. The highest BCUT2D eigenvalue weighted by Gasteiger charge is 2.18. The van der Waals surface area contributed by atoms with Gasteiger partial charge in [-0.2, -0.15) is 0 Å². The van der Waals surface area contributed by atoms with Crippen LogP contribution < -0.4 is 10.6 Å². The van der Waals surface area contributed by atoms with E-state index in [-0.39, 0.29) is 6.04 Å². The molecule has 3 rings (SSSR count). The molecule has 0 saturated heterocycles. The Bertz CT molecular complexity index is 825. The Morgan fingerprint density at radius 1 is 0.815 bits per heavy atom. The Morgan fingerprint density at radius 2 is 1.44 bits per heavy atom. The lowest BCUT2D eigenvalue weighted by atomic mass is 9.89. The third-order valence-electron chi connectivity index (χ3n) is 5.26. The van der Waals surface area contributed by atoms with Crippen molar-refractivity contribution in [3.8, 4) is 0 Å². The van der Waals surface area contributed by atoms with Crippen LogP contribution in [0.3, 0.4) is 0 Å². The van der Waals surface area contributed by atoms with Gasteiger partial charge in [0.25, 0.3) is 0 Å². The van der Waals surface area contributed by atoms with Gasteiger partial charge in [-0.25, -0.2) is 0 Å². The number of benzene rings is 2. The summed E-state index contributed by atoms with van der Waals surface area (Å²) in [6.07, 6.45) is 4.69. The molecular weight excluding hydrogens is 336 g/mol. The summed E-state index contributed by atoms with van der Waals surface area (Å²) in [5, 5.41) is 5.47. The van der Waals surface area contributed by atoms with E-state index in [2.05, 4.69) is 42.7 Å². The summed E-state index contributed by atoms with van der Waals surface area (Å²) in [4.78, 5) is 24.5. The number of carbonyl (C=O) groups excluding carboxylic acids is 2. The summed E-state index contributed by atoms with van der Waals surface area (Å²) in [7, 11) is 0. The van der Waals surface area contributed by atoms with Crippen molar-refractivity contribution in [3.05, 3.63) is 64.7 Å². The highest BCUT2D eigenvalue weighted by Crippen LogP contribution is 2.24. The van der Waals surface area contributed by atoms with Gasteiger partial charge in [0.05, 0.1) is 6.04 Å². The maximum absolute atomic E-state index is 12.3. The van der Waals surface area contributed by atoms with Gasteiger partial charge in [-0.15, -0.1) is 0 Å². The summed E-state index contributed by atoms with van der Waals surface area (Å²) >= 11 is 0. The van der Waals surface area contributed by atoms with Gasteiger partial charge in [-0.3, -0.25) is 9.59 Å². The number of carbonyl (C=O) groups is 2. The smallest absolute Gasteiger partial charge is 0.313 e. The fraction of sp³-hybridized carbons (Fsp3) is 0.391. The van der Waals surface area contributed by atoms with Crippen LogP contribution in [0.5, 0.6) is 0 Å². The quantitative estimate of drug-likeness (QED) is 0.785. The van der Waals surface area contributed by atoms with Crippen LogP contribution in [0.1, 0.15) is 67.8 Å². The highest BCUT2D eigenvalue weighted by molar-refractivity contribution is 6.39. The maximum atomic E-state index is 12.3. The molecule has 2 amide bonds. The van der Waals surface area contributed by atoms with Crippen molar-refractivity contribution >= 4 is 17.5 Å². The molecule has 142 valence electrons. The summed E-state index contributed by atoms with van der Waals surface area (Å²) in [6, 6.07) is 13.8. The minimum Gasteiger partial charge on any atom is -0.341 e. The molecule has 1 aliphatic rings. The second kappa shape index (κ2) is 8.38. The summed E-state index contributed by atoms with van der Waals surface area (Å²) in [6.45, 7) is 6.14. The third-order valence-corrected chi connectivity index (χ3v) is 5.26. The van der Waals surface area contributed by atoms with E-state index in [1.807, 2.05) is 31.2 Å². The zero-order valence-corrected chi connectivity index (χ0v) is 16.3. The van der Waals surface area contributed by atoms with Crippen molar-refractivity contribution in [3.63, 3.8) is 0 Å². The Balaban J connectivity index is 1.59. The van der Waals surface area contributed by atoms with Crippen molar-refractivity contribution < 1.29 is 9.59 Å². The number of hydrogen-bond acceptors (Lipinski definition) is 2. The molecule has 2 aromatic rings. The predicted octanol–water partition coefficient (Wildman–Crippen LogP) is 4.50. The van der Waals surface area contributed by atoms with Crippen LogP contribution >= 0.6 is 0 Å². The molecule has 2 aromatic carbocycles. The second-order valence-corrected chi connectivity index (χ2v) is 7.66. The molecule has 0 aromatic heterocycles. The molecule has 27 heavy (non-hydrogen) atoms. The molecule has 1 atom stereocenters. The largest absolute Gasteiger partial charge is 0.341 e. The summed E-state index contributed by atoms with van der Waals surface area (Å²) < 4.78 is 0. The highest BCUT2D eigenvalue weighted by atomic mass is 16.2. The topological polar surface area (TPSA) is 58.2 Å². The first-order valence-electron chi connectivity index (χ1n) is 9.77. The average molecular weight is 364 g/mol. The Kier molecular flexibility index (Phi) is 5.94. The van der Waals surface area contributed by atoms with Gasteiger partial charge in [-0.1, -0.05) is 44.2 Å². The fourth-order valence-corrected chi connectivity index (χ4v) is 3.51. The molecule has 0 spiro atoms. The van der Waals surface area contributed by atoms with Gasteiger partial charge >= 0.3 is 11.8 Å². The number of amides is 2. The molecule has 2 N–H and O–H groups in total. The SMILES string of the molecule is CC(C)c1ccc(NC(=O)C(=O)NC(C)c2ccc3c(c2)CCCC3)cc1. The fourth-order valence-electron chi connectivity index (χ4n) is 3.51. The Labute approximate surface area is 161 Å². The molecule has 0 radical (unpaired) electrons. The van der Waals surface area contributed by atoms with Crippen molar-refractivity contribution in [1.82, 2.24) is 5.32 Å². The number of fused-ring (bicyclic) bond motifs is 1. The zero-order chi connectivity index (χ0) is 19.4. The molecule has 0 fully saturated rings. The lowest BCUT2D eigenvalue weighted by molar-refractivity contribution is -0.136. The van der Waals surface area contributed by atoms with Gasteiger partial charge in [0.15, 0.2) is 0 Å². The van der Waals surface area contributed by atoms with Crippen LogP contribution in [-0.4, -0.2) is 11.8 Å². The van der Waals surface area contributed by atoms with E-state index in [1.54, 1.807) is 0 Å². The van der Waals surface area contributed by atoms with Gasteiger partial charge in [0.1, 0.15) is 0 Å². The van der Waals surface area contributed by atoms with Gasteiger partial charge < -0.3 is 10.6 Å². The molecule has 1 unspecified atom stereocenters. The van der Waals surface area contributed by atoms with Crippen LogP contribution in [0.15, 0.2) is 42.5 Å². The van der Waals surface area contributed by atoms with E-state index in [9.17, 15) is 9.59 Å². The number of anilines is 1. The molecule has 4 heteroatoms. The first-order valence-corrected chi connectivity index (χ1v) is 9.77. The van der Waals surface area contributed by atoms with E-state index in [4.69, 9.17) is 0 Å². The van der Waals surface area contributed by atoms with Crippen LogP contribution in [0.25, 0.3) is 0 Å². The normalized spacial score (nSPS) is 14.4. The van der Waals surface area contributed by atoms with Gasteiger partial charge in [-0.05, 0) is 72.9 Å². The van der Waals surface area contributed by atoms with E-state index in [0.717, 1.165) is 18.4 Å². The van der Waals surface area contributed by atoms with Crippen LogP contribution in [0.2, 0.25) is 0 Å².